The van der Waals surface area contributed by atoms with Gasteiger partial charge in [0.25, 0.3) is 0 Å². The maximum Gasteiger partial charge on any atom is 0.236 e. The smallest absolute Gasteiger partial charge is 0.236 e. The first-order valence-corrected chi connectivity index (χ1v) is 6.82. The summed E-state index contributed by atoms with van der Waals surface area (Å²) in [6, 6.07) is 0.723. The standard InChI is InChI=1S/C13H25N3O/c1-15(2)10-13(17)16-8-5-11(6-9-16)12-4-3-7-14-12/h11-12,14H,3-10H2,1-2H3. The molecule has 4 nitrogen and oxygen atoms in total. The minimum absolute atomic E-state index is 0.285. The van der Waals surface area contributed by atoms with E-state index in [-0.39, 0.29) is 5.91 Å². The van der Waals surface area contributed by atoms with Crippen LogP contribution in [-0.2, 0) is 4.79 Å². The van der Waals surface area contributed by atoms with E-state index in [1.54, 1.807) is 0 Å². The van der Waals surface area contributed by atoms with E-state index in [9.17, 15) is 4.79 Å². The first-order chi connectivity index (χ1) is 8.16. The SMILES string of the molecule is CN(C)CC(=O)N1CCC(C2CCCN2)CC1. The number of likely N-dealkylation sites (tertiary alicyclic amines) is 1. The van der Waals surface area contributed by atoms with Gasteiger partial charge in [0.05, 0.1) is 6.54 Å². The molecule has 98 valence electrons. The molecule has 0 bridgehead atoms. The molecule has 0 saturated carbocycles. The van der Waals surface area contributed by atoms with Gasteiger partial charge in [-0.05, 0) is 52.2 Å². The number of hydrogen-bond donors (Lipinski definition) is 1. The highest BCUT2D eigenvalue weighted by Gasteiger charge is 2.29. The predicted molar refractivity (Wildman–Crippen MR) is 68.9 cm³/mol. The van der Waals surface area contributed by atoms with E-state index in [1.165, 1.54) is 32.2 Å². The number of amides is 1. The zero-order chi connectivity index (χ0) is 12.3. The van der Waals surface area contributed by atoms with E-state index in [4.69, 9.17) is 0 Å². The number of nitrogens with zero attached hydrogens (tertiary/aromatic N) is 2. The third-order valence-corrected chi connectivity index (χ3v) is 4.01. The lowest BCUT2D eigenvalue weighted by Crippen LogP contribution is -2.45. The van der Waals surface area contributed by atoms with Crippen molar-refractivity contribution in [2.24, 2.45) is 5.92 Å². The highest BCUT2D eigenvalue weighted by atomic mass is 16.2. The summed E-state index contributed by atoms with van der Waals surface area (Å²) in [6.45, 7) is 3.64. The van der Waals surface area contributed by atoms with E-state index >= 15 is 0 Å². The van der Waals surface area contributed by atoms with E-state index < -0.39 is 0 Å². The average Bonchev–Trinajstić information content (AvgIpc) is 2.82. The Hall–Kier alpha value is -0.610. The van der Waals surface area contributed by atoms with E-state index in [0.717, 1.165) is 25.0 Å². The first-order valence-electron chi connectivity index (χ1n) is 6.82. The molecule has 0 spiro atoms. The Morgan fingerprint density at radius 1 is 1.29 bits per heavy atom. The van der Waals surface area contributed by atoms with Gasteiger partial charge in [0.15, 0.2) is 0 Å². The van der Waals surface area contributed by atoms with Gasteiger partial charge in [0.2, 0.25) is 5.91 Å². The van der Waals surface area contributed by atoms with Gasteiger partial charge in [0.1, 0.15) is 0 Å². The van der Waals surface area contributed by atoms with Crippen LogP contribution in [0.4, 0.5) is 0 Å². The number of hydrogen-bond acceptors (Lipinski definition) is 3. The van der Waals surface area contributed by atoms with Crippen molar-refractivity contribution in [3.05, 3.63) is 0 Å². The van der Waals surface area contributed by atoms with Crippen LogP contribution in [0, 0.1) is 5.92 Å². The summed E-state index contributed by atoms with van der Waals surface area (Å²) in [5.74, 6) is 1.08. The van der Waals surface area contributed by atoms with Crippen LogP contribution < -0.4 is 5.32 Å². The lowest BCUT2D eigenvalue weighted by atomic mass is 9.88. The van der Waals surface area contributed by atoms with Crippen molar-refractivity contribution in [2.75, 3.05) is 40.3 Å². The lowest BCUT2D eigenvalue weighted by molar-refractivity contribution is -0.133. The molecule has 1 N–H and O–H groups in total. The zero-order valence-corrected chi connectivity index (χ0v) is 11.1. The number of nitrogens with one attached hydrogen (secondary N) is 1. The molecule has 2 saturated heterocycles. The Labute approximate surface area is 104 Å². The van der Waals surface area contributed by atoms with Crippen LogP contribution in [-0.4, -0.2) is 62.0 Å². The van der Waals surface area contributed by atoms with E-state index in [0.29, 0.717) is 6.54 Å². The number of piperidine rings is 1. The molecule has 2 rings (SSSR count). The molecule has 17 heavy (non-hydrogen) atoms. The van der Waals surface area contributed by atoms with Crippen molar-refractivity contribution >= 4 is 5.91 Å². The number of carbonyl (C=O) groups excluding carboxylic acids is 1. The average molecular weight is 239 g/mol. The first kappa shape index (κ1) is 12.8. The summed E-state index contributed by atoms with van der Waals surface area (Å²) in [4.78, 5) is 15.9. The molecule has 0 aromatic carbocycles. The Morgan fingerprint density at radius 3 is 2.53 bits per heavy atom. The summed E-state index contributed by atoms with van der Waals surface area (Å²) >= 11 is 0. The second-order valence-corrected chi connectivity index (χ2v) is 5.66. The number of carbonyl (C=O) groups is 1. The Kier molecular flexibility index (Phi) is 4.40. The summed E-state index contributed by atoms with van der Waals surface area (Å²) in [7, 11) is 3.90. The summed E-state index contributed by atoms with van der Waals surface area (Å²) in [5.41, 5.74) is 0. The zero-order valence-electron chi connectivity index (χ0n) is 11.1. The minimum Gasteiger partial charge on any atom is -0.342 e. The molecule has 2 aliphatic rings. The largest absolute Gasteiger partial charge is 0.342 e. The monoisotopic (exact) mass is 239 g/mol. The molecule has 1 unspecified atom stereocenters. The van der Waals surface area contributed by atoms with Gasteiger partial charge in [-0.1, -0.05) is 0 Å². The van der Waals surface area contributed by atoms with Gasteiger partial charge >= 0.3 is 0 Å². The normalized spacial score (nSPS) is 26.8. The van der Waals surface area contributed by atoms with Crippen molar-refractivity contribution in [3.63, 3.8) is 0 Å². The second kappa shape index (κ2) is 5.83. The molecule has 0 aromatic rings. The fraction of sp³-hybridized carbons (Fsp3) is 0.923. The number of likely N-dealkylation sites (N-methyl/N-ethyl adjacent to an activating group) is 1. The third-order valence-electron chi connectivity index (χ3n) is 4.01. The van der Waals surface area contributed by atoms with Crippen LogP contribution in [0.3, 0.4) is 0 Å². The molecule has 1 atom stereocenters. The van der Waals surface area contributed by atoms with Gasteiger partial charge in [-0.3, -0.25) is 4.79 Å². The summed E-state index contributed by atoms with van der Waals surface area (Å²) < 4.78 is 0. The van der Waals surface area contributed by atoms with E-state index in [1.807, 2.05) is 23.9 Å². The molecule has 2 aliphatic heterocycles. The quantitative estimate of drug-likeness (QED) is 0.781. The van der Waals surface area contributed by atoms with E-state index in [2.05, 4.69) is 5.32 Å². The van der Waals surface area contributed by atoms with Crippen LogP contribution >= 0.6 is 0 Å². The Balaban J connectivity index is 1.75. The molecular weight excluding hydrogens is 214 g/mol. The van der Waals surface area contributed by atoms with Crippen molar-refractivity contribution in [3.8, 4) is 0 Å². The molecule has 0 radical (unpaired) electrons. The molecule has 2 heterocycles. The predicted octanol–water partition coefficient (Wildman–Crippen LogP) is 0.539. The van der Waals surface area contributed by atoms with Crippen LogP contribution in [0.1, 0.15) is 25.7 Å². The molecule has 0 aliphatic carbocycles. The Bertz CT molecular complexity index is 253. The highest BCUT2D eigenvalue weighted by molar-refractivity contribution is 5.78. The maximum absolute atomic E-state index is 11.9. The number of rotatable bonds is 3. The minimum atomic E-state index is 0.285. The summed E-state index contributed by atoms with van der Waals surface area (Å²) in [6.07, 6.45) is 5.01. The molecule has 1 amide bonds. The molecular formula is C13H25N3O. The fourth-order valence-electron chi connectivity index (χ4n) is 3.04. The molecule has 4 heteroatoms. The van der Waals surface area contributed by atoms with Crippen LogP contribution in [0.25, 0.3) is 0 Å². The van der Waals surface area contributed by atoms with Crippen molar-refractivity contribution in [1.82, 2.24) is 15.1 Å². The van der Waals surface area contributed by atoms with Crippen molar-refractivity contribution < 1.29 is 4.79 Å². The summed E-state index contributed by atoms with van der Waals surface area (Å²) in [5, 5.41) is 3.59. The van der Waals surface area contributed by atoms with Crippen LogP contribution in [0.15, 0.2) is 0 Å². The second-order valence-electron chi connectivity index (χ2n) is 5.66. The molecule has 2 fully saturated rings. The van der Waals surface area contributed by atoms with Gasteiger partial charge in [-0.25, -0.2) is 0 Å². The van der Waals surface area contributed by atoms with Gasteiger partial charge < -0.3 is 15.1 Å². The van der Waals surface area contributed by atoms with Crippen molar-refractivity contribution in [2.45, 2.75) is 31.7 Å². The third kappa shape index (κ3) is 3.42. The maximum atomic E-state index is 11.9. The Morgan fingerprint density at radius 2 is 2.00 bits per heavy atom. The van der Waals surface area contributed by atoms with Crippen molar-refractivity contribution in [1.29, 1.82) is 0 Å². The van der Waals surface area contributed by atoms with Gasteiger partial charge in [-0.15, -0.1) is 0 Å². The lowest BCUT2D eigenvalue weighted by Gasteiger charge is -2.35. The van der Waals surface area contributed by atoms with Gasteiger partial charge in [0, 0.05) is 19.1 Å². The molecule has 0 aromatic heterocycles. The van der Waals surface area contributed by atoms with Crippen LogP contribution in [0.5, 0.6) is 0 Å². The van der Waals surface area contributed by atoms with Gasteiger partial charge in [-0.2, -0.15) is 0 Å². The highest BCUT2D eigenvalue weighted by Crippen LogP contribution is 2.25. The van der Waals surface area contributed by atoms with Crippen LogP contribution in [0.2, 0.25) is 0 Å². The topological polar surface area (TPSA) is 35.6 Å². The fourth-order valence-corrected chi connectivity index (χ4v) is 3.04.